The highest BCUT2D eigenvalue weighted by atomic mass is 16.5. The van der Waals surface area contributed by atoms with Crippen LogP contribution in [0.1, 0.15) is 22.7 Å². The lowest BCUT2D eigenvalue weighted by Crippen LogP contribution is -2.10. The summed E-state index contributed by atoms with van der Waals surface area (Å²) in [5, 5.41) is 4.93. The van der Waals surface area contributed by atoms with Crippen LogP contribution in [0.3, 0.4) is 0 Å². The zero-order chi connectivity index (χ0) is 16.8. The van der Waals surface area contributed by atoms with Crippen LogP contribution in [0.5, 0.6) is 11.5 Å². The largest absolute Gasteiger partial charge is 0.455 e. The maximum atomic E-state index is 6.19. The van der Waals surface area contributed by atoms with Gasteiger partial charge in [0, 0.05) is 28.2 Å². The van der Waals surface area contributed by atoms with Gasteiger partial charge in [-0.25, -0.2) is 0 Å². The van der Waals surface area contributed by atoms with Gasteiger partial charge < -0.3 is 15.0 Å². The molecule has 5 rings (SSSR count). The van der Waals surface area contributed by atoms with Crippen molar-refractivity contribution in [2.45, 2.75) is 13.0 Å². The Balaban J connectivity index is 1.75. The topological polar surface area (TPSA) is 37.0 Å². The normalized spacial score (nSPS) is 15.6. The van der Waals surface area contributed by atoms with E-state index in [0.29, 0.717) is 0 Å². The molecule has 2 heterocycles. The molecule has 1 aliphatic heterocycles. The molecule has 1 atom stereocenters. The molecular weight excluding hydrogens is 308 g/mol. The van der Waals surface area contributed by atoms with Crippen LogP contribution in [0.4, 0.5) is 5.69 Å². The van der Waals surface area contributed by atoms with Crippen molar-refractivity contribution in [3.05, 3.63) is 89.6 Å². The van der Waals surface area contributed by atoms with Gasteiger partial charge in [-0.05, 0) is 37.3 Å². The van der Waals surface area contributed by atoms with Gasteiger partial charge in [-0.1, -0.05) is 42.0 Å². The lowest BCUT2D eigenvalue weighted by atomic mass is 9.96. The molecule has 1 aliphatic rings. The van der Waals surface area contributed by atoms with E-state index in [2.05, 4.69) is 59.8 Å². The highest BCUT2D eigenvalue weighted by molar-refractivity contribution is 5.86. The molecule has 0 fully saturated rings. The van der Waals surface area contributed by atoms with Gasteiger partial charge in [-0.3, -0.25) is 0 Å². The third-order valence-corrected chi connectivity index (χ3v) is 4.82. The summed E-state index contributed by atoms with van der Waals surface area (Å²) in [6.45, 7) is 2.13. The molecule has 3 nitrogen and oxygen atoms in total. The minimum absolute atomic E-state index is 0.0235. The van der Waals surface area contributed by atoms with E-state index in [0.717, 1.165) is 28.3 Å². The van der Waals surface area contributed by atoms with Crippen LogP contribution in [0.25, 0.3) is 10.9 Å². The van der Waals surface area contributed by atoms with Crippen molar-refractivity contribution in [3.8, 4) is 11.5 Å². The Morgan fingerprint density at radius 1 is 0.840 bits per heavy atom. The van der Waals surface area contributed by atoms with Crippen molar-refractivity contribution in [2.75, 3.05) is 5.32 Å². The Labute approximate surface area is 146 Å². The number of aromatic amines is 1. The van der Waals surface area contributed by atoms with E-state index in [1.54, 1.807) is 0 Å². The summed E-state index contributed by atoms with van der Waals surface area (Å²) in [5.41, 5.74) is 5.78. The lowest BCUT2D eigenvalue weighted by Gasteiger charge is -2.19. The van der Waals surface area contributed by atoms with Gasteiger partial charge in [0.05, 0.1) is 11.7 Å². The number of aromatic nitrogens is 1. The minimum atomic E-state index is 0.0235. The smallest absolute Gasteiger partial charge is 0.150 e. The average molecular weight is 326 g/mol. The maximum Gasteiger partial charge on any atom is 0.150 e. The Morgan fingerprint density at radius 3 is 2.56 bits per heavy atom. The second kappa shape index (κ2) is 5.42. The zero-order valence-corrected chi connectivity index (χ0v) is 13.9. The Morgan fingerprint density at radius 2 is 1.64 bits per heavy atom. The molecule has 4 aromatic rings. The first-order chi connectivity index (χ1) is 12.3. The number of H-pyrrole nitrogens is 1. The van der Waals surface area contributed by atoms with Crippen molar-refractivity contribution in [1.29, 1.82) is 0 Å². The quantitative estimate of drug-likeness (QED) is 0.465. The fourth-order valence-corrected chi connectivity index (χ4v) is 3.58. The van der Waals surface area contributed by atoms with Crippen LogP contribution in [0, 0.1) is 6.92 Å². The molecule has 122 valence electrons. The van der Waals surface area contributed by atoms with E-state index in [9.17, 15) is 0 Å². The fraction of sp³-hybridized carbons (Fsp3) is 0.0909. The molecular formula is C22H18N2O. The maximum absolute atomic E-state index is 6.19. The molecule has 2 N–H and O–H groups in total. The van der Waals surface area contributed by atoms with Crippen LogP contribution >= 0.6 is 0 Å². The number of rotatable bonds is 1. The number of hydrogen-bond donors (Lipinski definition) is 2. The SMILES string of the molecule is Cc1ccc2[nH]cc(C3Nc4ccccc4Oc4ccccc43)c2c1. The predicted octanol–water partition coefficient (Wildman–Crippen LogP) is 5.78. The predicted molar refractivity (Wildman–Crippen MR) is 101 cm³/mol. The van der Waals surface area contributed by atoms with Crippen LogP contribution < -0.4 is 10.1 Å². The van der Waals surface area contributed by atoms with Gasteiger partial charge in [0.15, 0.2) is 5.75 Å². The zero-order valence-electron chi connectivity index (χ0n) is 13.9. The summed E-state index contributed by atoms with van der Waals surface area (Å²) in [5.74, 6) is 1.75. The highest BCUT2D eigenvalue weighted by Crippen LogP contribution is 2.43. The van der Waals surface area contributed by atoms with Gasteiger partial charge in [-0.15, -0.1) is 0 Å². The molecule has 0 radical (unpaired) electrons. The van der Waals surface area contributed by atoms with Crippen molar-refractivity contribution in [3.63, 3.8) is 0 Å². The van der Waals surface area contributed by atoms with Gasteiger partial charge in [-0.2, -0.15) is 0 Å². The van der Waals surface area contributed by atoms with Crippen LogP contribution in [0.2, 0.25) is 0 Å². The van der Waals surface area contributed by atoms with Gasteiger partial charge in [0.1, 0.15) is 5.75 Å². The average Bonchev–Trinajstić information content (AvgIpc) is 2.96. The summed E-state index contributed by atoms with van der Waals surface area (Å²) < 4.78 is 6.19. The molecule has 25 heavy (non-hydrogen) atoms. The molecule has 3 heteroatoms. The van der Waals surface area contributed by atoms with Crippen LogP contribution in [-0.4, -0.2) is 4.98 Å². The van der Waals surface area contributed by atoms with Crippen molar-refractivity contribution in [1.82, 2.24) is 4.98 Å². The molecule has 0 bridgehead atoms. The molecule has 0 saturated heterocycles. The number of anilines is 1. The molecule has 0 amide bonds. The van der Waals surface area contributed by atoms with E-state index in [4.69, 9.17) is 4.74 Å². The number of fused-ring (bicyclic) bond motifs is 3. The third-order valence-electron chi connectivity index (χ3n) is 4.82. The lowest BCUT2D eigenvalue weighted by molar-refractivity contribution is 0.483. The first kappa shape index (κ1) is 14.2. The summed E-state index contributed by atoms with van der Waals surface area (Å²) >= 11 is 0. The molecule has 0 saturated carbocycles. The number of benzene rings is 3. The first-order valence-corrected chi connectivity index (χ1v) is 8.49. The molecule has 1 aromatic heterocycles. The van der Waals surface area contributed by atoms with Crippen molar-refractivity contribution < 1.29 is 4.74 Å². The van der Waals surface area contributed by atoms with E-state index in [1.807, 2.05) is 30.3 Å². The minimum Gasteiger partial charge on any atom is -0.455 e. The van der Waals surface area contributed by atoms with Gasteiger partial charge >= 0.3 is 0 Å². The monoisotopic (exact) mass is 326 g/mol. The Bertz CT molecular complexity index is 1080. The second-order valence-corrected chi connectivity index (χ2v) is 6.51. The standard InChI is InChI=1S/C22H18N2O/c1-14-10-11-18-16(12-14)17(13-23-18)22-15-6-2-4-8-20(15)25-21-9-5-3-7-19(21)24-22/h2-13,22-24H,1H3. The van der Waals surface area contributed by atoms with E-state index in [1.165, 1.54) is 16.5 Å². The number of para-hydroxylation sites is 3. The Kier molecular flexibility index (Phi) is 3.07. The van der Waals surface area contributed by atoms with Gasteiger partial charge in [0.2, 0.25) is 0 Å². The second-order valence-electron chi connectivity index (χ2n) is 6.51. The van der Waals surface area contributed by atoms with Crippen LogP contribution in [-0.2, 0) is 0 Å². The summed E-state index contributed by atoms with van der Waals surface area (Å²) in [6.07, 6.45) is 2.10. The number of hydrogen-bond acceptors (Lipinski definition) is 2. The van der Waals surface area contributed by atoms with Crippen molar-refractivity contribution >= 4 is 16.6 Å². The van der Waals surface area contributed by atoms with Crippen molar-refractivity contribution in [2.24, 2.45) is 0 Å². The van der Waals surface area contributed by atoms with E-state index < -0.39 is 0 Å². The molecule has 3 aromatic carbocycles. The van der Waals surface area contributed by atoms with E-state index >= 15 is 0 Å². The third kappa shape index (κ3) is 2.28. The number of ether oxygens (including phenoxy) is 1. The first-order valence-electron chi connectivity index (χ1n) is 8.49. The summed E-state index contributed by atoms with van der Waals surface area (Å²) in [4.78, 5) is 3.41. The number of aryl methyl sites for hydroxylation is 1. The van der Waals surface area contributed by atoms with Gasteiger partial charge in [0.25, 0.3) is 0 Å². The molecule has 1 unspecified atom stereocenters. The molecule has 0 aliphatic carbocycles. The fourth-order valence-electron chi connectivity index (χ4n) is 3.58. The molecule has 0 spiro atoms. The number of nitrogens with one attached hydrogen (secondary N) is 2. The van der Waals surface area contributed by atoms with E-state index in [-0.39, 0.29) is 6.04 Å². The van der Waals surface area contributed by atoms with Crippen LogP contribution in [0.15, 0.2) is 72.9 Å². The highest BCUT2D eigenvalue weighted by Gasteiger charge is 2.25. The Hall–Kier alpha value is -3.20. The summed E-state index contributed by atoms with van der Waals surface area (Å²) in [7, 11) is 0. The summed E-state index contributed by atoms with van der Waals surface area (Å²) in [6, 6.07) is 22.9.